The summed E-state index contributed by atoms with van der Waals surface area (Å²) in [5, 5.41) is 3.41. The van der Waals surface area contributed by atoms with Crippen LogP contribution in [0.15, 0.2) is 60.7 Å². The van der Waals surface area contributed by atoms with Crippen molar-refractivity contribution in [1.82, 2.24) is 0 Å². The number of rotatable bonds is 6. The lowest BCUT2D eigenvalue weighted by Gasteiger charge is -2.24. The molecule has 4 rings (SSSR count). The number of methoxy groups -OCH3 is 1. The predicted molar refractivity (Wildman–Crippen MR) is 137 cm³/mol. The molecule has 0 unspecified atom stereocenters. The van der Waals surface area contributed by atoms with Crippen LogP contribution in [0.25, 0.3) is 0 Å². The van der Waals surface area contributed by atoms with Gasteiger partial charge in [0.1, 0.15) is 0 Å². The van der Waals surface area contributed by atoms with Gasteiger partial charge < -0.3 is 15.0 Å². The average molecular weight is 443 g/mol. The van der Waals surface area contributed by atoms with E-state index in [0.717, 1.165) is 34.1 Å². The first-order valence-corrected chi connectivity index (χ1v) is 11.9. The molecule has 0 heterocycles. The lowest BCUT2D eigenvalue weighted by Crippen LogP contribution is -2.11. The van der Waals surface area contributed by atoms with Crippen LogP contribution in [0, 0.1) is 13.8 Å². The van der Waals surface area contributed by atoms with Gasteiger partial charge in [-0.15, -0.1) is 0 Å². The largest absolute Gasteiger partial charge is 0.465 e. The fourth-order valence-corrected chi connectivity index (χ4v) is 4.74. The summed E-state index contributed by atoms with van der Waals surface area (Å²) in [6, 6.07) is 21.2. The summed E-state index contributed by atoms with van der Waals surface area (Å²) in [6.07, 6.45) is 6.74. The number of esters is 1. The van der Waals surface area contributed by atoms with E-state index >= 15 is 0 Å². The molecule has 1 aliphatic carbocycles. The molecule has 1 N–H and O–H groups in total. The molecule has 172 valence electrons. The number of anilines is 4. The number of aryl methyl sites for hydroxylation is 2. The summed E-state index contributed by atoms with van der Waals surface area (Å²) >= 11 is 0. The first-order chi connectivity index (χ1) is 16.0. The highest BCUT2D eigenvalue weighted by molar-refractivity contribution is 5.97. The minimum absolute atomic E-state index is 0.341. The van der Waals surface area contributed by atoms with Gasteiger partial charge in [-0.3, -0.25) is 0 Å². The molecule has 0 bridgehead atoms. The van der Waals surface area contributed by atoms with E-state index in [-0.39, 0.29) is 5.97 Å². The number of nitrogens with one attached hydrogen (secondary N) is 1. The first-order valence-electron chi connectivity index (χ1n) is 11.9. The second-order valence-corrected chi connectivity index (χ2v) is 9.15. The molecule has 1 aliphatic rings. The molecule has 1 saturated carbocycles. The molecule has 0 spiro atoms. The van der Waals surface area contributed by atoms with Crippen LogP contribution in [-0.2, 0) is 4.74 Å². The van der Waals surface area contributed by atoms with Crippen LogP contribution in [0.5, 0.6) is 0 Å². The Labute approximate surface area is 197 Å². The second-order valence-electron chi connectivity index (χ2n) is 9.15. The number of carbonyl (C=O) groups is 1. The maximum Gasteiger partial charge on any atom is 0.339 e. The van der Waals surface area contributed by atoms with Crippen molar-refractivity contribution in [3.05, 3.63) is 82.9 Å². The van der Waals surface area contributed by atoms with Gasteiger partial charge in [-0.1, -0.05) is 43.0 Å². The Hall–Kier alpha value is -3.27. The smallest absolute Gasteiger partial charge is 0.339 e. The first kappa shape index (κ1) is 22.9. The fraction of sp³-hybridized carbons (Fsp3) is 0.345. The summed E-state index contributed by atoms with van der Waals surface area (Å²) < 4.78 is 4.96. The maximum absolute atomic E-state index is 12.2. The number of nitrogens with zero attached hydrogens (tertiary/aromatic N) is 1. The van der Waals surface area contributed by atoms with Crippen LogP contribution >= 0.6 is 0 Å². The van der Waals surface area contributed by atoms with E-state index in [1.54, 1.807) is 0 Å². The molecule has 0 amide bonds. The highest BCUT2D eigenvalue weighted by atomic mass is 16.5. The Morgan fingerprint density at radius 1 is 0.879 bits per heavy atom. The third-order valence-electron chi connectivity index (χ3n) is 6.80. The quantitative estimate of drug-likeness (QED) is 0.398. The van der Waals surface area contributed by atoms with Gasteiger partial charge in [-0.25, -0.2) is 4.79 Å². The summed E-state index contributed by atoms with van der Waals surface area (Å²) in [4.78, 5) is 14.4. The van der Waals surface area contributed by atoms with Crippen LogP contribution in [0.1, 0.15) is 65.1 Å². The number of hydrogen-bond acceptors (Lipinski definition) is 4. The topological polar surface area (TPSA) is 41.6 Å². The third kappa shape index (κ3) is 5.22. The van der Waals surface area contributed by atoms with Gasteiger partial charge in [-0.2, -0.15) is 0 Å². The molecule has 0 aromatic heterocycles. The molecule has 0 saturated heterocycles. The van der Waals surface area contributed by atoms with E-state index in [4.69, 9.17) is 4.74 Å². The van der Waals surface area contributed by atoms with Crippen LogP contribution in [0.2, 0.25) is 0 Å². The highest BCUT2D eigenvalue weighted by Crippen LogP contribution is 2.35. The van der Waals surface area contributed by atoms with E-state index < -0.39 is 0 Å². The van der Waals surface area contributed by atoms with Gasteiger partial charge in [0.2, 0.25) is 0 Å². The van der Waals surface area contributed by atoms with Crippen LogP contribution < -0.4 is 10.2 Å². The van der Waals surface area contributed by atoms with Crippen LogP contribution in [0.3, 0.4) is 0 Å². The molecule has 33 heavy (non-hydrogen) atoms. The standard InChI is InChI=1S/C29H34N2O2/c1-20-10-16-28(26(18-20)29(32)33-4)30-27-17-15-25(19-21(27)2)31(3)24-13-11-23(12-14-24)22-8-6-5-7-9-22/h10-19,22,30H,5-9H2,1-4H3. The van der Waals surface area contributed by atoms with Gasteiger partial charge in [-0.05, 0) is 86.2 Å². The van der Waals surface area contributed by atoms with E-state index in [1.807, 2.05) is 25.1 Å². The Morgan fingerprint density at radius 2 is 1.55 bits per heavy atom. The van der Waals surface area contributed by atoms with Crippen molar-refractivity contribution in [2.45, 2.75) is 51.9 Å². The van der Waals surface area contributed by atoms with Crippen LogP contribution in [0.4, 0.5) is 22.7 Å². The molecule has 3 aromatic carbocycles. The monoisotopic (exact) mass is 442 g/mol. The van der Waals surface area contributed by atoms with Gasteiger partial charge in [0.15, 0.2) is 0 Å². The zero-order chi connectivity index (χ0) is 23.4. The zero-order valence-electron chi connectivity index (χ0n) is 20.2. The SMILES string of the molecule is COC(=O)c1cc(C)ccc1Nc1ccc(N(C)c2ccc(C3CCCCC3)cc2)cc1C. The van der Waals surface area contributed by atoms with E-state index in [2.05, 4.69) is 66.7 Å². The predicted octanol–water partition coefficient (Wildman–Crippen LogP) is 7.65. The van der Waals surface area contributed by atoms with Crippen molar-refractivity contribution in [2.24, 2.45) is 0 Å². The van der Waals surface area contributed by atoms with Crippen molar-refractivity contribution >= 4 is 28.7 Å². The number of benzene rings is 3. The minimum atomic E-state index is -0.341. The second kappa shape index (κ2) is 10.1. The summed E-state index contributed by atoms with van der Waals surface area (Å²) in [6.45, 7) is 4.05. The summed E-state index contributed by atoms with van der Waals surface area (Å²) in [7, 11) is 3.51. The normalized spacial score (nSPS) is 14.1. The molecule has 4 nitrogen and oxygen atoms in total. The van der Waals surface area contributed by atoms with E-state index in [9.17, 15) is 4.79 Å². The average Bonchev–Trinajstić information content (AvgIpc) is 2.86. The van der Waals surface area contributed by atoms with Crippen molar-refractivity contribution in [3.8, 4) is 0 Å². The molecular formula is C29H34N2O2. The molecule has 0 atom stereocenters. The number of hydrogen-bond donors (Lipinski definition) is 1. The Kier molecular flexibility index (Phi) is 7.02. The zero-order valence-corrected chi connectivity index (χ0v) is 20.2. The van der Waals surface area contributed by atoms with Crippen molar-refractivity contribution in [2.75, 3.05) is 24.4 Å². The fourth-order valence-electron chi connectivity index (χ4n) is 4.74. The van der Waals surface area contributed by atoms with E-state index in [1.165, 1.54) is 50.5 Å². The van der Waals surface area contributed by atoms with Gasteiger partial charge in [0.25, 0.3) is 0 Å². The Bertz CT molecular complexity index is 1110. The maximum atomic E-state index is 12.2. The summed E-state index contributed by atoms with van der Waals surface area (Å²) in [5.41, 5.74) is 8.16. The van der Waals surface area contributed by atoms with E-state index in [0.29, 0.717) is 5.56 Å². The molecule has 1 fully saturated rings. The molecular weight excluding hydrogens is 408 g/mol. The number of ether oxygens (including phenoxy) is 1. The van der Waals surface area contributed by atoms with Crippen LogP contribution in [-0.4, -0.2) is 20.1 Å². The lowest BCUT2D eigenvalue weighted by molar-refractivity contribution is 0.0602. The van der Waals surface area contributed by atoms with Gasteiger partial charge in [0.05, 0.1) is 18.4 Å². The Balaban J connectivity index is 1.51. The Morgan fingerprint density at radius 3 is 2.21 bits per heavy atom. The van der Waals surface area contributed by atoms with Crippen molar-refractivity contribution < 1.29 is 9.53 Å². The summed E-state index contributed by atoms with van der Waals surface area (Å²) in [5.74, 6) is 0.384. The molecule has 4 heteroatoms. The lowest BCUT2D eigenvalue weighted by atomic mass is 9.84. The number of carbonyl (C=O) groups excluding carboxylic acids is 1. The molecule has 0 aliphatic heterocycles. The van der Waals surface area contributed by atoms with Gasteiger partial charge in [0, 0.05) is 24.1 Å². The third-order valence-corrected chi connectivity index (χ3v) is 6.80. The van der Waals surface area contributed by atoms with Crippen molar-refractivity contribution in [3.63, 3.8) is 0 Å². The molecule has 3 aromatic rings. The van der Waals surface area contributed by atoms with Crippen molar-refractivity contribution in [1.29, 1.82) is 0 Å². The minimum Gasteiger partial charge on any atom is -0.465 e. The molecule has 0 radical (unpaired) electrons. The highest BCUT2D eigenvalue weighted by Gasteiger charge is 2.16. The van der Waals surface area contributed by atoms with Gasteiger partial charge >= 0.3 is 5.97 Å².